The molecular weight excluding hydrogens is 357 g/mol. The molecule has 2 heterocycles. The number of rotatable bonds is 9. The second-order valence-electron chi connectivity index (χ2n) is 7.05. The van der Waals surface area contributed by atoms with Gasteiger partial charge in [0.15, 0.2) is 11.5 Å². The molecule has 1 aliphatic rings. The molecule has 1 fully saturated rings. The van der Waals surface area contributed by atoms with Crippen molar-refractivity contribution in [3.63, 3.8) is 0 Å². The summed E-state index contributed by atoms with van der Waals surface area (Å²) in [6.07, 6.45) is 5.22. The molecule has 6 nitrogen and oxygen atoms in total. The standard InChI is InChI=1S/C21H28BNO5/c1-4-7-26-21-9-16(5-6-20(21)25-3)17-8-18(12-23-11-17)19(13-24)10-22-27-14-15(2)28-22/h5-6,8-9,11-12,15,19,24H,4,7,10,13-14H2,1-3H3/t15-,19+/m1/s1. The van der Waals surface area contributed by atoms with Gasteiger partial charge in [-0.3, -0.25) is 4.98 Å². The van der Waals surface area contributed by atoms with Gasteiger partial charge < -0.3 is 23.9 Å². The number of pyridine rings is 1. The summed E-state index contributed by atoms with van der Waals surface area (Å²) in [4.78, 5) is 4.39. The maximum Gasteiger partial charge on any atom is 0.457 e. The van der Waals surface area contributed by atoms with Crippen molar-refractivity contribution in [2.75, 3.05) is 26.9 Å². The Balaban J connectivity index is 1.81. The minimum Gasteiger partial charge on any atom is -0.493 e. The molecule has 28 heavy (non-hydrogen) atoms. The number of aliphatic hydroxyl groups excluding tert-OH is 1. The minimum atomic E-state index is -0.286. The predicted molar refractivity (Wildman–Crippen MR) is 109 cm³/mol. The van der Waals surface area contributed by atoms with Crippen LogP contribution in [0.4, 0.5) is 0 Å². The molecule has 1 aromatic heterocycles. The topological polar surface area (TPSA) is 70.0 Å². The highest BCUT2D eigenvalue weighted by molar-refractivity contribution is 6.45. The van der Waals surface area contributed by atoms with Gasteiger partial charge in [-0.25, -0.2) is 0 Å². The summed E-state index contributed by atoms with van der Waals surface area (Å²) in [7, 11) is 1.35. The molecule has 0 spiro atoms. The van der Waals surface area contributed by atoms with Crippen LogP contribution in [0.15, 0.2) is 36.7 Å². The average Bonchev–Trinajstić information content (AvgIpc) is 3.15. The third-order valence-electron chi connectivity index (χ3n) is 4.79. The first-order chi connectivity index (χ1) is 13.6. The molecule has 2 atom stereocenters. The largest absolute Gasteiger partial charge is 0.493 e. The van der Waals surface area contributed by atoms with E-state index in [2.05, 4.69) is 18.0 Å². The van der Waals surface area contributed by atoms with Gasteiger partial charge in [0.05, 0.1) is 26.4 Å². The Labute approximate surface area is 166 Å². The molecule has 0 saturated carbocycles. The maximum absolute atomic E-state index is 9.90. The van der Waals surface area contributed by atoms with Gasteiger partial charge in [-0.1, -0.05) is 13.0 Å². The first-order valence-corrected chi connectivity index (χ1v) is 9.78. The van der Waals surface area contributed by atoms with Gasteiger partial charge in [-0.05, 0) is 49.0 Å². The van der Waals surface area contributed by atoms with Crippen molar-refractivity contribution < 1.29 is 23.9 Å². The molecule has 1 N–H and O–H groups in total. The van der Waals surface area contributed by atoms with Crippen LogP contribution in [0.25, 0.3) is 11.1 Å². The Morgan fingerprint density at radius 1 is 1.25 bits per heavy atom. The molecule has 3 rings (SSSR count). The molecular formula is C21H28BNO5. The highest BCUT2D eigenvalue weighted by Crippen LogP contribution is 2.34. The summed E-state index contributed by atoms with van der Waals surface area (Å²) in [6.45, 7) is 5.28. The molecule has 150 valence electrons. The van der Waals surface area contributed by atoms with Crippen molar-refractivity contribution in [2.45, 2.75) is 38.6 Å². The van der Waals surface area contributed by atoms with Crippen LogP contribution in [0.3, 0.4) is 0 Å². The summed E-state index contributed by atoms with van der Waals surface area (Å²) in [5, 5.41) is 9.90. The van der Waals surface area contributed by atoms with Crippen molar-refractivity contribution in [3.05, 3.63) is 42.2 Å². The number of hydrogen-bond donors (Lipinski definition) is 1. The van der Waals surface area contributed by atoms with Crippen molar-refractivity contribution in [3.8, 4) is 22.6 Å². The number of benzene rings is 1. The number of ether oxygens (including phenoxy) is 2. The molecule has 0 radical (unpaired) electrons. The zero-order valence-corrected chi connectivity index (χ0v) is 16.8. The third-order valence-corrected chi connectivity index (χ3v) is 4.79. The van der Waals surface area contributed by atoms with Gasteiger partial charge in [-0.15, -0.1) is 0 Å². The fourth-order valence-electron chi connectivity index (χ4n) is 3.27. The van der Waals surface area contributed by atoms with Gasteiger partial charge in [0.2, 0.25) is 0 Å². The minimum absolute atomic E-state index is 0.0101. The van der Waals surface area contributed by atoms with Crippen molar-refractivity contribution in [1.82, 2.24) is 4.98 Å². The van der Waals surface area contributed by atoms with E-state index in [1.165, 1.54) is 0 Å². The highest BCUT2D eigenvalue weighted by atomic mass is 16.6. The molecule has 2 aromatic rings. The van der Waals surface area contributed by atoms with Crippen molar-refractivity contribution in [2.24, 2.45) is 0 Å². The normalized spacial score (nSPS) is 17.6. The summed E-state index contributed by atoms with van der Waals surface area (Å²) in [5.41, 5.74) is 2.90. The fourth-order valence-corrected chi connectivity index (χ4v) is 3.27. The monoisotopic (exact) mass is 385 g/mol. The van der Waals surface area contributed by atoms with E-state index in [4.69, 9.17) is 18.8 Å². The van der Waals surface area contributed by atoms with Crippen LogP contribution in [0.1, 0.15) is 31.7 Å². The molecule has 1 aromatic carbocycles. The van der Waals surface area contributed by atoms with Crippen LogP contribution in [-0.2, 0) is 9.31 Å². The SMILES string of the molecule is CCCOc1cc(-c2cncc([C@H](CO)CB3OC[C@@H](C)O3)c2)ccc1OC. The zero-order chi connectivity index (χ0) is 19.9. The molecule has 0 unspecified atom stereocenters. The van der Waals surface area contributed by atoms with E-state index >= 15 is 0 Å². The van der Waals surface area contributed by atoms with Crippen LogP contribution in [0, 0.1) is 0 Å². The van der Waals surface area contributed by atoms with E-state index in [0.717, 1.165) is 23.1 Å². The second kappa shape index (κ2) is 9.91. The quantitative estimate of drug-likeness (QED) is 0.666. The Kier molecular flexibility index (Phi) is 7.31. The van der Waals surface area contributed by atoms with Gasteiger partial charge in [0, 0.05) is 30.5 Å². The van der Waals surface area contributed by atoms with Gasteiger partial charge >= 0.3 is 7.12 Å². The summed E-state index contributed by atoms with van der Waals surface area (Å²) >= 11 is 0. The van der Waals surface area contributed by atoms with Crippen LogP contribution in [-0.4, -0.2) is 50.2 Å². The van der Waals surface area contributed by atoms with E-state index in [0.29, 0.717) is 31.0 Å². The van der Waals surface area contributed by atoms with Gasteiger partial charge in [-0.2, -0.15) is 0 Å². The molecule has 0 amide bonds. The van der Waals surface area contributed by atoms with E-state index < -0.39 is 0 Å². The summed E-state index contributed by atoms with van der Waals surface area (Å²) in [6, 6.07) is 7.90. The number of aliphatic hydroxyl groups is 1. The zero-order valence-electron chi connectivity index (χ0n) is 16.8. The van der Waals surface area contributed by atoms with Gasteiger partial charge in [0.25, 0.3) is 0 Å². The third kappa shape index (κ3) is 5.04. The lowest BCUT2D eigenvalue weighted by Gasteiger charge is -2.17. The Hall–Kier alpha value is -2.09. The Morgan fingerprint density at radius 3 is 2.79 bits per heavy atom. The number of aromatic nitrogens is 1. The molecule has 7 heteroatoms. The number of methoxy groups -OCH3 is 1. The van der Waals surface area contributed by atoms with Crippen LogP contribution >= 0.6 is 0 Å². The van der Waals surface area contributed by atoms with E-state index in [-0.39, 0.29) is 25.7 Å². The van der Waals surface area contributed by atoms with E-state index in [9.17, 15) is 5.11 Å². The molecule has 0 bridgehead atoms. The Morgan fingerprint density at radius 2 is 2.11 bits per heavy atom. The average molecular weight is 385 g/mol. The van der Waals surface area contributed by atoms with E-state index in [1.807, 2.05) is 31.3 Å². The molecule has 1 aliphatic heterocycles. The molecule has 1 saturated heterocycles. The molecule has 0 aliphatic carbocycles. The van der Waals surface area contributed by atoms with Crippen LogP contribution in [0.5, 0.6) is 11.5 Å². The predicted octanol–water partition coefficient (Wildman–Crippen LogP) is 3.55. The number of hydrogen-bond acceptors (Lipinski definition) is 6. The van der Waals surface area contributed by atoms with Gasteiger partial charge in [0.1, 0.15) is 0 Å². The summed E-state index contributed by atoms with van der Waals surface area (Å²) in [5.74, 6) is 1.32. The smallest absolute Gasteiger partial charge is 0.457 e. The summed E-state index contributed by atoms with van der Waals surface area (Å²) < 4.78 is 22.6. The maximum atomic E-state index is 9.90. The van der Waals surface area contributed by atoms with Crippen molar-refractivity contribution >= 4 is 7.12 Å². The van der Waals surface area contributed by atoms with Crippen molar-refractivity contribution in [1.29, 1.82) is 0 Å². The Bertz CT molecular complexity index is 772. The first kappa shape index (κ1) is 20.6. The lowest BCUT2D eigenvalue weighted by atomic mass is 9.75. The fraction of sp³-hybridized carbons (Fsp3) is 0.476. The van der Waals surface area contributed by atoms with Crippen LogP contribution < -0.4 is 9.47 Å². The second-order valence-corrected chi connectivity index (χ2v) is 7.05. The lowest BCUT2D eigenvalue weighted by Crippen LogP contribution is -2.20. The van der Waals surface area contributed by atoms with E-state index in [1.54, 1.807) is 13.3 Å². The van der Waals surface area contributed by atoms with Crippen LogP contribution in [0.2, 0.25) is 6.32 Å². The number of nitrogens with zero attached hydrogens (tertiary/aromatic N) is 1. The first-order valence-electron chi connectivity index (χ1n) is 9.78. The lowest BCUT2D eigenvalue weighted by molar-refractivity contribution is 0.249. The highest BCUT2D eigenvalue weighted by Gasteiger charge is 2.32.